The largest absolute Gasteiger partial charge is 0.396 e. The third-order valence-corrected chi connectivity index (χ3v) is 2.82. The molecule has 10 heavy (non-hydrogen) atoms. The zero-order valence-electron chi connectivity index (χ0n) is 5.56. The van der Waals surface area contributed by atoms with Crippen LogP contribution in [-0.2, 0) is 9.47 Å². The Kier molecular flexibility index (Phi) is 0.854. The summed E-state index contributed by atoms with van der Waals surface area (Å²) in [5.41, 5.74) is 0. The fraction of sp³-hybridized carbons (Fsp3) is 1.00. The number of epoxide rings is 1. The average molecular weight is 142 g/mol. The van der Waals surface area contributed by atoms with E-state index in [-0.39, 0.29) is 12.7 Å². The van der Waals surface area contributed by atoms with Crippen LogP contribution in [0.2, 0.25) is 0 Å². The van der Waals surface area contributed by atoms with Gasteiger partial charge in [-0.2, -0.15) is 0 Å². The first kappa shape index (κ1) is 5.52. The van der Waals surface area contributed by atoms with Crippen LogP contribution in [0, 0.1) is 5.92 Å². The molecule has 0 unspecified atom stereocenters. The van der Waals surface area contributed by atoms with Gasteiger partial charge in [0.1, 0.15) is 12.2 Å². The highest BCUT2D eigenvalue weighted by molar-refractivity contribution is 5.11. The lowest BCUT2D eigenvalue weighted by atomic mass is 9.90. The molecule has 3 aliphatic heterocycles. The van der Waals surface area contributed by atoms with Gasteiger partial charge in [0.05, 0.1) is 12.2 Å². The number of ether oxygens (including phenoxy) is 2. The monoisotopic (exact) mass is 142 g/mol. The van der Waals surface area contributed by atoms with E-state index in [1.165, 1.54) is 0 Å². The number of aliphatic hydroxyl groups excluding tert-OH is 1. The highest BCUT2D eigenvalue weighted by Gasteiger charge is 2.64. The van der Waals surface area contributed by atoms with Crippen molar-refractivity contribution < 1.29 is 14.6 Å². The Morgan fingerprint density at radius 3 is 2.70 bits per heavy atom. The first-order valence-electron chi connectivity index (χ1n) is 3.82. The van der Waals surface area contributed by atoms with E-state index >= 15 is 0 Å². The smallest absolute Gasteiger partial charge is 0.113 e. The summed E-state index contributed by atoms with van der Waals surface area (Å²) in [6, 6.07) is 0. The molecule has 0 radical (unpaired) electrons. The lowest BCUT2D eigenvalue weighted by Crippen LogP contribution is -2.26. The minimum Gasteiger partial charge on any atom is -0.396 e. The van der Waals surface area contributed by atoms with Crippen LogP contribution in [0.5, 0.6) is 0 Å². The van der Waals surface area contributed by atoms with Crippen LogP contribution in [0.3, 0.4) is 0 Å². The predicted molar refractivity (Wildman–Crippen MR) is 32.5 cm³/mol. The Bertz CT molecular complexity index is 170. The van der Waals surface area contributed by atoms with Gasteiger partial charge in [-0.1, -0.05) is 0 Å². The SMILES string of the molecule is OC[C@H]1C[C@H]2O[C@@H]1[C@H]1O[C@@H]12. The molecule has 3 rings (SSSR count). The van der Waals surface area contributed by atoms with Crippen molar-refractivity contribution in [2.45, 2.75) is 30.8 Å². The van der Waals surface area contributed by atoms with Crippen LogP contribution in [0.4, 0.5) is 0 Å². The van der Waals surface area contributed by atoms with Gasteiger partial charge in [-0.05, 0) is 6.42 Å². The molecule has 0 saturated carbocycles. The van der Waals surface area contributed by atoms with Crippen molar-refractivity contribution in [1.82, 2.24) is 0 Å². The summed E-state index contributed by atoms with van der Waals surface area (Å²) in [4.78, 5) is 0. The number of hydrogen-bond donors (Lipinski definition) is 1. The van der Waals surface area contributed by atoms with E-state index in [0.29, 0.717) is 24.2 Å². The van der Waals surface area contributed by atoms with Gasteiger partial charge in [0.15, 0.2) is 0 Å². The summed E-state index contributed by atoms with van der Waals surface area (Å²) >= 11 is 0. The molecule has 3 fully saturated rings. The fourth-order valence-corrected chi connectivity index (χ4v) is 2.24. The summed E-state index contributed by atoms with van der Waals surface area (Å²) in [5.74, 6) is 0.355. The van der Waals surface area contributed by atoms with Crippen molar-refractivity contribution in [2.75, 3.05) is 6.61 Å². The lowest BCUT2D eigenvalue weighted by molar-refractivity contribution is 0.00587. The minimum absolute atomic E-state index is 0.222. The van der Waals surface area contributed by atoms with Gasteiger partial charge in [0, 0.05) is 12.5 Å². The molecule has 5 atom stereocenters. The summed E-state index contributed by atoms with van der Waals surface area (Å²) in [6.07, 6.45) is 2.28. The first-order valence-corrected chi connectivity index (χ1v) is 3.82. The molecule has 0 spiro atoms. The molecule has 1 N–H and O–H groups in total. The molecule has 0 aliphatic carbocycles. The zero-order valence-corrected chi connectivity index (χ0v) is 5.56. The third kappa shape index (κ3) is 0.480. The minimum atomic E-state index is 0.222. The van der Waals surface area contributed by atoms with Crippen molar-refractivity contribution in [2.24, 2.45) is 5.92 Å². The Balaban J connectivity index is 1.85. The van der Waals surface area contributed by atoms with Gasteiger partial charge in [-0.3, -0.25) is 0 Å². The van der Waals surface area contributed by atoms with Crippen molar-refractivity contribution in [3.05, 3.63) is 0 Å². The van der Waals surface area contributed by atoms with Crippen molar-refractivity contribution in [3.63, 3.8) is 0 Å². The van der Waals surface area contributed by atoms with Gasteiger partial charge >= 0.3 is 0 Å². The molecular weight excluding hydrogens is 132 g/mol. The summed E-state index contributed by atoms with van der Waals surface area (Å²) < 4.78 is 10.9. The van der Waals surface area contributed by atoms with Crippen LogP contribution >= 0.6 is 0 Å². The van der Waals surface area contributed by atoms with Crippen LogP contribution in [0.1, 0.15) is 6.42 Å². The lowest BCUT2D eigenvalue weighted by Gasteiger charge is -2.12. The molecule has 56 valence electrons. The van der Waals surface area contributed by atoms with Crippen LogP contribution in [-0.4, -0.2) is 36.1 Å². The molecule has 3 heterocycles. The van der Waals surface area contributed by atoms with Gasteiger partial charge in [-0.25, -0.2) is 0 Å². The molecule has 3 nitrogen and oxygen atoms in total. The van der Waals surface area contributed by atoms with Gasteiger partial charge in [0.25, 0.3) is 0 Å². The quantitative estimate of drug-likeness (QED) is 0.503. The van der Waals surface area contributed by atoms with Crippen molar-refractivity contribution in [1.29, 1.82) is 0 Å². The fourth-order valence-electron chi connectivity index (χ4n) is 2.24. The first-order chi connectivity index (χ1) is 4.90. The maximum atomic E-state index is 8.89. The number of rotatable bonds is 1. The van der Waals surface area contributed by atoms with Crippen LogP contribution < -0.4 is 0 Å². The summed E-state index contributed by atoms with van der Waals surface area (Å²) in [5, 5.41) is 8.89. The maximum Gasteiger partial charge on any atom is 0.113 e. The third-order valence-electron chi connectivity index (χ3n) is 2.82. The molecule has 0 aromatic rings. The number of hydrogen-bond acceptors (Lipinski definition) is 3. The molecule has 0 aromatic carbocycles. The van der Waals surface area contributed by atoms with E-state index in [1.54, 1.807) is 0 Å². The number of aliphatic hydroxyl groups is 1. The molecule has 2 bridgehead atoms. The highest BCUT2D eigenvalue weighted by Crippen LogP contribution is 2.50. The zero-order chi connectivity index (χ0) is 6.72. The van der Waals surface area contributed by atoms with Crippen LogP contribution in [0.15, 0.2) is 0 Å². The van der Waals surface area contributed by atoms with E-state index in [4.69, 9.17) is 14.6 Å². The topological polar surface area (TPSA) is 42.0 Å². The Labute approximate surface area is 58.9 Å². The summed E-state index contributed by atoms with van der Waals surface area (Å²) in [6.45, 7) is 0.258. The van der Waals surface area contributed by atoms with E-state index in [0.717, 1.165) is 6.42 Å². The maximum absolute atomic E-state index is 8.89. The molecular formula is C7H10O3. The van der Waals surface area contributed by atoms with Gasteiger partial charge < -0.3 is 14.6 Å². The van der Waals surface area contributed by atoms with E-state index in [9.17, 15) is 0 Å². The second kappa shape index (κ2) is 1.55. The summed E-state index contributed by atoms with van der Waals surface area (Å²) in [7, 11) is 0. The normalized spacial score (nSPS) is 62.7. The predicted octanol–water partition coefficient (Wildman–Crippen LogP) is -0.467. The Morgan fingerprint density at radius 2 is 2.10 bits per heavy atom. The standard InChI is InChI=1S/C7H10O3/c8-2-3-1-4-6-7(10-6)5(3)9-4/h3-8H,1-2H2/t3-,4-,5+,6-,7-/m1/s1. The molecule has 3 heteroatoms. The van der Waals surface area contributed by atoms with Crippen molar-refractivity contribution in [3.8, 4) is 0 Å². The second-order valence-electron chi connectivity index (χ2n) is 3.38. The second-order valence-corrected chi connectivity index (χ2v) is 3.38. The Hall–Kier alpha value is -0.120. The van der Waals surface area contributed by atoms with E-state index in [1.807, 2.05) is 0 Å². The molecule has 3 aliphatic rings. The number of fused-ring (bicyclic) bond motifs is 5. The molecule has 3 saturated heterocycles. The van der Waals surface area contributed by atoms with Crippen molar-refractivity contribution >= 4 is 0 Å². The molecule has 0 amide bonds. The average Bonchev–Trinajstić information content (AvgIpc) is 2.58. The molecule has 0 aromatic heterocycles. The van der Waals surface area contributed by atoms with E-state index < -0.39 is 0 Å². The van der Waals surface area contributed by atoms with Gasteiger partial charge in [-0.15, -0.1) is 0 Å². The Morgan fingerprint density at radius 1 is 1.20 bits per heavy atom. The van der Waals surface area contributed by atoms with Gasteiger partial charge in [0.2, 0.25) is 0 Å². The van der Waals surface area contributed by atoms with Crippen LogP contribution in [0.25, 0.3) is 0 Å². The highest BCUT2D eigenvalue weighted by atomic mass is 16.7. The van der Waals surface area contributed by atoms with E-state index in [2.05, 4.69) is 0 Å².